The van der Waals surface area contributed by atoms with Gasteiger partial charge in [-0.1, -0.05) is 25.0 Å². The molecule has 0 radical (unpaired) electrons. The van der Waals surface area contributed by atoms with E-state index in [1.165, 1.54) is 25.7 Å². The summed E-state index contributed by atoms with van der Waals surface area (Å²) in [5.41, 5.74) is 6.50. The van der Waals surface area contributed by atoms with E-state index in [9.17, 15) is 8.78 Å². The molecule has 4 heteroatoms. The molecule has 2 nitrogen and oxygen atoms in total. The van der Waals surface area contributed by atoms with E-state index in [-0.39, 0.29) is 11.6 Å². The van der Waals surface area contributed by atoms with Crippen molar-refractivity contribution < 1.29 is 8.78 Å². The first-order valence-electron chi connectivity index (χ1n) is 7.86. The Morgan fingerprint density at radius 1 is 1.14 bits per heavy atom. The van der Waals surface area contributed by atoms with E-state index < -0.39 is 11.6 Å². The molecule has 0 saturated carbocycles. The number of hydrogen-bond donors (Lipinski definition) is 1. The third-order valence-electron chi connectivity index (χ3n) is 4.80. The third-order valence-corrected chi connectivity index (χ3v) is 4.80. The Morgan fingerprint density at radius 2 is 1.76 bits per heavy atom. The average Bonchev–Trinajstić information content (AvgIpc) is 2.73. The number of rotatable bonds is 4. The van der Waals surface area contributed by atoms with Gasteiger partial charge in [-0.15, -0.1) is 0 Å². The lowest BCUT2D eigenvalue weighted by atomic mass is 9.87. The molecule has 1 atom stereocenters. The van der Waals surface area contributed by atoms with Gasteiger partial charge < -0.3 is 5.73 Å². The van der Waals surface area contributed by atoms with E-state index in [4.69, 9.17) is 5.73 Å². The standard InChI is InChI=1S/C17H26F2N2/c1-17(2,21-10-5-3-4-6-11-21)15(20)12-13-8-7-9-14(18)16(13)19/h7-9,15H,3-6,10-12,20H2,1-2H3. The second-order valence-corrected chi connectivity index (χ2v) is 6.58. The summed E-state index contributed by atoms with van der Waals surface area (Å²) in [6.45, 7) is 6.29. The van der Waals surface area contributed by atoms with Crippen molar-refractivity contribution in [2.24, 2.45) is 5.73 Å². The van der Waals surface area contributed by atoms with Crippen LogP contribution in [0.25, 0.3) is 0 Å². The van der Waals surface area contributed by atoms with Crippen LogP contribution in [0.5, 0.6) is 0 Å². The van der Waals surface area contributed by atoms with E-state index >= 15 is 0 Å². The van der Waals surface area contributed by atoms with Gasteiger partial charge in [0.05, 0.1) is 0 Å². The van der Waals surface area contributed by atoms with Gasteiger partial charge in [-0.2, -0.15) is 0 Å². The minimum absolute atomic E-state index is 0.219. The van der Waals surface area contributed by atoms with Gasteiger partial charge in [0.2, 0.25) is 0 Å². The van der Waals surface area contributed by atoms with Crippen LogP contribution >= 0.6 is 0 Å². The molecular weight excluding hydrogens is 270 g/mol. The predicted molar refractivity (Wildman–Crippen MR) is 82.2 cm³/mol. The van der Waals surface area contributed by atoms with Crippen molar-refractivity contribution in [2.45, 2.75) is 57.5 Å². The van der Waals surface area contributed by atoms with Crippen molar-refractivity contribution in [3.63, 3.8) is 0 Å². The summed E-state index contributed by atoms with van der Waals surface area (Å²) in [5.74, 6) is -1.56. The van der Waals surface area contributed by atoms with Crippen LogP contribution in [-0.4, -0.2) is 29.6 Å². The monoisotopic (exact) mass is 296 g/mol. The highest BCUT2D eigenvalue weighted by atomic mass is 19.2. The SMILES string of the molecule is CC(C)(C(N)Cc1cccc(F)c1F)N1CCCCCC1. The summed E-state index contributed by atoms with van der Waals surface area (Å²) in [6.07, 6.45) is 5.25. The Labute approximate surface area is 126 Å². The Hall–Kier alpha value is -1.00. The molecule has 1 saturated heterocycles. The summed E-state index contributed by atoms with van der Waals surface area (Å²) in [5, 5.41) is 0. The fraction of sp³-hybridized carbons (Fsp3) is 0.647. The van der Waals surface area contributed by atoms with Crippen LogP contribution in [0.2, 0.25) is 0 Å². The first-order chi connectivity index (χ1) is 9.93. The molecule has 0 spiro atoms. The molecule has 0 aliphatic carbocycles. The molecule has 0 aromatic heterocycles. The molecule has 1 unspecified atom stereocenters. The maximum Gasteiger partial charge on any atom is 0.162 e. The molecule has 1 aromatic rings. The molecule has 2 N–H and O–H groups in total. The van der Waals surface area contributed by atoms with Crippen LogP contribution in [-0.2, 0) is 6.42 Å². The van der Waals surface area contributed by atoms with Crippen molar-refractivity contribution >= 4 is 0 Å². The molecular formula is C17H26F2N2. The Balaban J connectivity index is 2.10. The van der Waals surface area contributed by atoms with Crippen LogP contribution in [0.4, 0.5) is 8.78 Å². The average molecular weight is 296 g/mol. The number of hydrogen-bond acceptors (Lipinski definition) is 2. The molecule has 1 aliphatic heterocycles. The molecule has 1 aromatic carbocycles. The number of benzene rings is 1. The summed E-state index contributed by atoms with van der Waals surface area (Å²) >= 11 is 0. The van der Waals surface area contributed by atoms with Gasteiger partial charge in [-0.25, -0.2) is 8.78 Å². The lowest BCUT2D eigenvalue weighted by Crippen LogP contribution is -2.57. The largest absolute Gasteiger partial charge is 0.326 e. The zero-order valence-electron chi connectivity index (χ0n) is 13.0. The smallest absolute Gasteiger partial charge is 0.162 e. The summed E-state index contributed by atoms with van der Waals surface area (Å²) in [6, 6.07) is 4.08. The van der Waals surface area contributed by atoms with Crippen LogP contribution in [0, 0.1) is 11.6 Å². The second kappa shape index (κ2) is 6.84. The number of nitrogens with two attached hydrogens (primary N) is 1. The maximum absolute atomic E-state index is 13.8. The molecule has 1 heterocycles. The van der Waals surface area contributed by atoms with Crippen LogP contribution in [0.15, 0.2) is 18.2 Å². The van der Waals surface area contributed by atoms with Crippen molar-refractivity contribution in [1.29, 1.82) is 0 Å². The van der Waals surface area contributed by atoms with Crippen molar-refractivity contribution in [1.82, 2.24) is 4.90 Å². The third kappa shape index (κ3) is 3.80. The highest BCUT2D eigenvalue weighted by Gasteiger charge is 2.33. The normalized spacial score (nSPS) is 19.3. The second-order valence-electron chi connectivity index (χ2n) is 6.58. The van der Waals surface area contributed by atoms with E-state index in [2.05, 4.69) is 18.7 Å². The quantitative estimate of drug-likeness (QED) is 0.921. The summed E-state index contributed by atoms with van der Waals surface area (Å²) < 4.78 is 27.1. The lowest BCUT2D eigenvalue weighted by Gasteiger charge is -2.42. The van der Waals surface area contributed by atoms with Crippen molar-refractivity contribution in [3.05, 3.63) is 35.4 Å². The van der Waals surface area contributed by atoms with Crippen LogP contribution < -0.4 is 5.73 Å². The summed E-state index contributed by atoms with van der Waals surface area (Å²) in [4.78, 5) is 2.40. The lowest BCUT2D eigenvalue weighted by molar-refractivity contribution is 0.0975. The van der Waals surface area contributed by atoms with Crippen molar-refractivity contribution in [3.8, 4) is 0 Å². The van der Waals surface area contributed by atoms with Crippen molar-refractivity contribution in [2.75, 3.05) is 13.1 Å². The fourth-order valence-corrected chi connectivity index (χ4v) is 3.07. The Kier molecular flexibility index (Phi) is 5.33. The van der Waals surface area contributed by atoms with Gasteiger partial charge in [0.1, 0.15) is 0 Å². The van der Waals surface area contributed by atoms with Gasteiger partial charge in [-0.05, 0) is 57.8 Å². The highest BCUT2D eigenvalue weighted by molar-refractivity contribution is 5.21. The number of likely N-dealkylation sites (tertiary alicyclic amines) is 1. The molecule has 21 heavy (non-hydrogen) atoms. The topological polar surface area (TPSA) is 29.3 Å². The zero-order valence-corrected chi connectivity index (χ0v) is 13.0. The van der Waals surface area contributed by atoms with E-state index in [1.54, 1.807) is 12.1 Å². The number of halogens is 2. The number of nitrogens with zero attached hydrogens (tertiary/aromatic N) is 1. The first kappa shape index (κ1) is 16.4. The molecule has 0 bridgehead atoms. The van der Waals surface area contributed by atoms with Gasteiger partial charge >= 0.3 is 0 Å². The fourth-order valence-electron chi connectivity index (χ4n) is 3.07. The maximum atomic E-state index is 13.8. The summed E-state index contributed by atoms with van der Waals surface area (Å²) in [7, 11) is 0. The molecule has 2 rings (SSSR count). The Bertz CT molecular complexity index is 466. The van der Waals surface area contributed by atoms with E-state index in [1.807, 2.05) is 0 Å². The molecule has 118 valence electrons. The van der Waals surface area contributed by atoms with Crippen LogP contribution in [0.1, 0.15) is 45.1 Å². The van der Waals surface area contributed by atoms with Gasteiger partial charge in [-0.3, -0.25) is 4.90 Å². The highest BCUT2D eigenvalue weighted by Crippen LogP contribution is 2.25. The van der Waals surface area contributed by atoms with E-state index in [0.717, 1.165) is 19.2 Å². The first-order valence-corrected chi connectivity index (χ1v) is 7.86. The molecule has 0 amide bonds. The minimum atomic E-state index is -0.799. The van der Waals surface area contributed by atoms with Gasteiger partial charge in [0.15, 0.2) is 11.6 Å². The Morgan fingerprint density at radius 3 is 2.38 bits per heavy atom. The molecule has 1 aliphatic rings. The van der Waals surface area contributed by atoms with E-state index in [0.29, 0.717) is 12.0 Å². The van der Waals surface area contributed by atoms with Gasteiger partial charge in [0, 0.05) is 11.6 Å². The molecule has 1 fully saturated rings. The van der Waals surface area contributed by atoms with Gasteiger partial charge in [0.25, 0.3) is 0 Å². The predicted octanol–water partition coefficient (Wildman–Crippen LogP) is 3.49. The van der Waals surface area contributed by atoms with Crippen LogP contribution in [0.3, 0.4) is 0 Å². The minimum Gasteiger partial charge on any atom is -0.326 e. The zero-order chi connectivity index (χ0) is 15.5.